The van der Waals surface area contributed by atoms with Gasteiger partial charge in [0, 0.05) is 6.42 Å². The zero-order chi connectivity index (χ0) is 20.7. The lowest BCUT2D eigenvalue weighted by Crippen LogP contribution is -2.14. The number of hydrogen-bond acceptors (Lipinski definition) is 7. The van der Waals surface area contributed by atoms with Crippen molar-refractivity contribution in [2.75, 3.05) is 13.2 Å². The molecule has 0 atom stereocenters. The minimum absolute atomic E-state index is 0.00228. The van der Waals surface area contributed by atoms with Gasteiger partial charge in [-0.15, -0.1) is 0 Å². The molecule has 1 heterocycles. The van der Waals surface area contributed by atoms with E-state index in [0.717, 1.165) is 11.8 Å². The largest absolute Gasteiger partial charge is 0.506 e. The summed E-state index contributed by atoms with van der Waals surface area (Å²) in [6, 6.07) is 4.73. The summed E-state index contributed by atoms with van der Waals surface area (Å²) in [7, 11) is 0. The van der Waals surface area contributed by atoms with E-state index in [2.05, 4.69) is 4.99 Å². The first-order valence-corrected chi connectivity index (χ1v) is 9.80. The molecule has 0 aromatic heterocycles. The van der Waals surface area contributed by atoms with E-state index >= 15 is 0 Å². The van der Waals surface area contributed by atoms with Crippen LogP contribution in [0.25, 0.3) is 6.08 Å². The minimum Gasteiger partial charge on any atom is -0.506 e. The van der Waals surface area contributed by atoms with Crippen molar-refractivity contribution >= 4 is 34.8 Å². The number of aliphatic hydroxyl groups is 1. The van der Waals surface area contributed by atoms with E-state index in [0.29, 0.717) is 29.2 Å². The van der Waals surface area contributed by atoms with Gasteiger partial charge in [0.2, 0.25) is 5.91 Å². The Hall–Kier alpha value is -2.74. The standard InChI is InChI=1S/C20H23NO6S/c1-4-7-16(23)21-19-17(20(25)27-6-3)18(24)15(28-19)11-12-8-9-13(22)14(10-12)26-5-2/h8-11,22,24H,4-7H2,1-3H3/b15-11-,21-19?. The molecule has 0 saturated heterocycles. The number of phenols is 1. The highest BCUT2D eigenvalue weighted by Gasteiger charge is 2.33. The summed E-state index contributed by atoms with van der Waals surface area (Å²) in [6.07, 6.45) is 2.49. The first-order valence-electron chi connectivity index (χ1n) is 8.99. The fourth-order valence-corrected chi connectivity index (χ4v) is 3.45. The molecule has 0 saturated carbocycles. The molecule has 28 heavy (non-hydrogen) atoms. The van der Waals surface area contributed by atoms with Crippen LogP contribution >= 0.6 is 11.8 Å². The molecule has 0 fully saturated rings. The fourth-order valence-electron chi connectivity index (χ4n) is 2.42. The average molecular weight is 405 g/mol. The van der Waals surface area contributed by atoms with Crippen molar-refractivity contribution in [3.05, 3.63) is 40.0 Å². The van der Waals surface area contributed by atoms with E-state index in [1.165, 1.54) is 6.07 Å². The Labute approximate surface area is 167 Å². The predicted molar refractivity (Wildman–Crippen MR) is 108 cm³/mol. The van der Waals surface area contributed by atoms with Crippen molar-refractivity contribution < 1.29 is 29.3 Å². The van der Waals surface area contributed by atoms with E-state index in [-0.39, 0.29) is 41.1 Å². The third-order valence-electron chi connectivity index (χ3n) is 3.64. The first-order chi connectivity index (χ1) is 13.4. The van der Waals surface area contributed by atoms with Crippen LogP contribution in [0.1, 0.15) is 39.2 Å². The number of carbonyl (C=O) groups is 2. The van der Waals surface area contributed by atoms with Crippen molar-refractivity contribution in [2.24, 2.45) is 4.99 Å². The van der Waals surface area contributed by atoms with Crippen LogP contribution in [0.3, 0.4) is 0 Å². The van der Waals surface area contributed by atoms with E-state index in [1.54, 1.807) is 32.1 Å². The number of thioether (sulfide) groups is 1. The zero-order valence-corrected chi connectivity index (χ0v) is 16.8. The Balaban J connectivity index is 2.45. The molecular weight excluding hydrogens is 382 g/mol. The average Bonchev–Trinajstić information content (AvgIpc) is 2.93. The summed E-state index contributed by atoms with van der Waals surface area (Å²) in [4.78, 5) is 28.5. The van der Waals surface area contributed by atoms with E-state index in [1.807, 2.05) is 6.92 Å². The van der Waals surface area contributed by atoms with Crippen LogP contribution in [0, 0.1) is 0 Å². The topological polar surface area (TPSA) is 105 Å². The van der Waals surface area contributed by atoms with Crippen molar-refractivity contribution in [3.63, 3.8) is 0 Å². The second-order valence-electron chi connectivity index (χ2n) is 5.78. The Morgan fingerprint density at radius 1 is 1.18 bits per heavy atom. The summed E-state index contributed by atoms with van der Waals surface area (Å²) in [5.74, 6) is -1.09. The van der Waals surface area contributed by atoms with Gasteiger partial charge < -0.3 is 19.7 Å². The highest BCUT2D eigenvalue weighted by molar-refractivity contribution is 8.18. The van der Waals surface area contributed by atoms with Gasteiger partial charge in [0.25, 0.3) is 0 Å². The molecule has 150 valence electrons. The molecule has 1 aromatic rings. The van der Waals surface area contributed by atoms with Gasteiger partial charge in [0.05, 0.1) is 18.1 Å². The molecule has 0 bridgehead atoms. The van der Waals surface area contributed by atoms with Crippen LogP contribution < -0.4 is 4.74 Å². The van der Waals surface area contributed by atoms with Gasteiger partial charge >= 0.3 is 5.97 Å². The summed E-state index contributed by atoms with van der Waals surface area (Å²) in [6.45, 7) is 5.82. The normalized spacial score (nSPS) is 16.7. The molecule has 0 spiro atoms. The Kier molecular flexibility index (Phi) is 7.69. The van der Waals surface area contributed by atoms with Crippen LogP contribution in [0.4, 0.5) is 0 Å². The zero-order valence-electron chi connectivity index (χ0n) is 16.0. The number of phenolic OH excluding ortho intramolecular Hbond substituents is 1. The van der Waals surface area contributed by atoms with Crippen LogP contribution in [0.15, 0.2) is 39.4 Å². The molecule has 1 amide bonds. The maximum absolute atomic E-state index is 12.3. The maximum Gasteiger partial charge on any atom is 0.344 e. The number of hydrogen-bond donors (Lipinski definition) is 2. The molecule has 1 aromatic carbocycles. The lowest BCUT2D eigenvalue weighted by molar-refractivity contribution is -0.138. The number of ether oxygens (including phenoxy) is 2. The second-order valence-corrected chi connectivity index (χ2v) is 6.81. The number of esters is 1. The monoisotopic (exact) mass is 405 g/mol. The number of carbonyl (C=O) groups excluding carboxylic acids is 2. The van der Waals surface area contributed by atoms with Crippen LogP contribution in [0.5, 0.6) is 11.5 Å². The number of benzene rings is 1. The number of amides is 1. The van der Waals surface area contributed by atoms with Crippen molar-refractivity contribution in [1.82, 2.24) is 0 Å². The van der Waals surface area contributed by atoms with E-state index in [9.17, 15) is 19.8 Å². The van der Waals surface area contributed by atoms with Gasteiger partial charge in [-0.05, 0) is 44.0 Å². The van der Waals surface area contributed by atoms with E-state index < -0.39 is 5.97 Å². The molecule has 1 aliphatic rings. The van der Waals surface area contributed by atoms with Gasteiger partial charge in [-0.1, -0.05) is 24.8 Å². The third-order valence-corrected chi connectivity index (χ3v) is 4.66. The number of rotatable bonds is 7. The minimum atomic E-state index is -0.736. The second kappa shape index (κ2) is 9.98. The summed E-state index contributed by atoms with van der Waals surface area (Å²) in [5, 5.41) is 20.5. The van der Waals surface area contributed by atoms with Crippen LogP contribution in [-0.4, -0.2) is 40.3 Å². The van der Waals surface area contributed by atoms with Crippen molar-refractivity contribution in [1.29, 1.82) is 0 Å². The van der Waals surface area contributed by atoms with Gasteiger partial charge in [0.15, 0.2) is 11.5 Å². The number of aliphatic imine (C=N–C) groups is 1. The summed E-state index contributed by atoms with van der Waals surface area (Å²) < 4.78 is 10.3. The smallest absolute Gasteiger partial charge is 0.344 e. The van der Waals surface area contributed by atoms with Crippen molar-refractivity contribution in [2.45, 2.75) is 33.6 Å². The van der Waals surface area contributed by atoms with E-state index in [4.69, 9.17) is 9.47 Å². The first kappa shape index (κ1) is 21.6. The maximum atomic E-state index is 12.3. The molecule has 0 unspecified atom stereocenters. The number of aromatic hydroxyl groups is 1. The third kappa shape index (κ3) is 5.16. The molecule has 0 radical (unpaired) electrons. The van der Waals surface area contributed by atoms with Gasteiger partial charge in [-0.2, -0.15) is 0 Å². The molecule has 2 N–H and O–H groups in total. The molecular formula is C20H23NO6S. The lowest BCUT2D eigenvalue weighted by Gasteiger charge is -2.06. The quantitative estimate of drug-likeness (QED) is 0.661. The fraction of sp³-hybridized carbons (Fsp3) is 0.350. The van der Waals surface area contributed by atoms with Crippen molar-refractivity contribution in [3.8, 4) is 11.5 Å². The van der Waals surface area contributed by atoms with Gasteiger partial charge in [-0.25, -0.2) is 9.79 Å². The summed E-state index contributed by atoms with van der Waals surface area (Å²) in [5.41, 5.74) is 0.519. The Bertz CT molecular complexity index is 856. The predicted octanol–water partition coefficient (Wildman–Crippen LogP) is 3.98. The number of nitrogens with zero attached hydrogens (tertiary/aromatic N) is 1. The summed E-state index contributed by atoms with van der Waals surface area (Å²) >= 11 is 1.02. The van der Waals surface area contributed by atoms with Gasteiger partial charge in [-0.3, -0.25) is 4.79 Å². The highest BCUT2D eigenvalue weighted by atomic mass is 32.2. The molecule has 1 aliphatic heterocycles. The lowest BCUT2D eigenvalue weighted by atomic mass is 10.1. The van der Waals surface area contributed by atoms with Gasteiger partial charge in [0.1, 0.15) is 16.4 Å². The number of aliphatic hydroxyl groups excluding tert-OH is 1. The molecule has 8 heteroatoms. The van der Waals surface area contributed by atoms with Crippen LogP contribution in [0.2, 0.25) is 0 Å². The highest BCUT2D eigenvalue weighted by Crippen LogP contribution is 2.40. The van der Waals surface area contributed by atoms with Crippen LogP contribution in [-0.2, 0) is 14.3 Å². The Morgan fingerprint density at radius 2 is 1.93 bits per heavy atom. The molecule has 7 nitrogen and oxygen atoms in total. The molecule has 2 rings (SSSR count). The Morgan fingerprint density at radius 3 is 2.57 bits per heavy atom. The SMILES string of the molecule is CCCC(=O)N=C1S/C(=C\c2ccc(O)c(OCC)c2)C(O)=C1C(=O)OCC. The molecule has 0 aliphatic carbocycles.